The van der Waals surface area contributed by atoms with Gasteiger partial charge in [0, 0.05) is 43.2 Å². The van der Waals surface area contributed by atoms with Gasteiger partial charge >= 0.3 is 6.18 Å². The Hall–Kier alpha value is -1.68. The van der Waals surface area contributed by atoms with Crippen molar-refractivity contribution in [1.82, 2.24) is 20.6 Å². The zero-order chi connectivity index (χ0) is 18.3. The summed E-state index contributed by atoms with van der Waals surface area (Å²) in [5.41, 5.74) is 0.202. The van der Waals surface area contributed by atoms with Gasteiger partial charge in [-0.15, -0.1) is 22.7 Å². The lowest BCUT2D eigenvalue weighted by Gasteiger charge is -2.10. The molecule has 0 saturated heterocycles. The number of hydrogen-bond donors (Lipinski definition) is 2. The number of rotatable bonds is 7. The normalized spacial score (nSPS) is 12.4. The third kappa shape index (κ3) is 6.62. The molecule has 2 N–H and O–H groups in total. The Bertz CT molecular complexity index is 693. The van der Waals surface area contributed by atoms with E-state index in [-0.39, 0.29) is 0 Å². The van der Waals surface area contributed by atoms with Gasteiger partial charge in [-0.05, 0) is 13.8 Å². The topological polar surface area (TPSA) is 62.2 Å². The maximum atomic E-state index is 12.5. The lowest BCUT2D eigenvalue weighted by molar-refractivity contribution is -0.140. The molecule has 0 spiro atoms. The van der Waals surface area contributed by atoms with E-state index in [0.717, 1.165) is 33.8 Å². The molecule has 0 aromatic carbocycles. The van der Waals surface area contributed by atoms with Gasteiger partial charge in [0.15, 0.2) is 11.7 Å². The molecule has 0 saturated carbocycles. The molecule has 0 aliphatic carbocycles. The fourth-order valence-corrected chi connectivity index (χ4v) is 3.43. The second-order valence-electron chi connectivity index (χ2n) is 5.17. The fraction of sp³-hybridized carbons (Fsp3) is 0.533. The summed E-state index contributed by atoms with van der Waals surface area (Å²) >= 11 is 2.63. The molecule has 2 aromatic heterocycles. The van der Waals surface area contributed by atoms with Crippen molar-refractivity contribution in [2.24, 2.45) is 4.99 Å². The molecule has 10 heteroatoms. The van der Waals surface area contributed by atoms with E-state index in [1.807, 2.05) is 19.2 Å². The van der Waals surface area contributed by atoms with E-state index in [9.17, 15) is 13.2 Å². The lowest BCUT2D eigenvalue weighted by Crippen LogP contribution is -2.38. The highest BCUT2D eigenvalue weighted by atomic mass is 32.1. The van der Waals surface area contributed by atoms with E-state index < -0.39 is 11.9 Å². The number of nitrogens with one attached hydrogen (secondary N) is 2. The first-order valence-electron chi connectivity index (χ1n) is 7.83. The molecule has 5 nitrogen and oxygen atoms in total. The predicted molar refractivity (Wildman–Crippen MR) is 95.4 cm³/mol. The van der Waals surface area contributed by atoms with Crippen molar-refractivity contribution >= 4 is 28.6 Å². The standard InChI is InChI=1S/C15H20F3N5S2/c1-3-19-14(20-6-4-11-8-24-10(2)22-11)21-7-5-13-23-12(9-25-13)15(16,17)18/h8-9H,3-7H2,1-2H3,(H2,19,20,21). The quantitative estimate of drug-likeness (QED) is 0.562. The van der Waals surface area contributed by atoms with Crippen LogP contribution in [0.4, 0.5) is 13.2 Å². The van der Waals surface area contributed by atoms with Gasteiger partial charge in [-0.2, -0.15) is 13.2 Å². The molecule has 0 aliphatic heterocycles. The Balaban J connectivity index is 1.81. The van der Waals surface area contributed by atoms with Crippen LogP contribution in [0.5, 0.6) is 0 Å². The van der Waals surface area contributed by atoms with E-state index in [1.54, 1.807) is 11.3 Å². The van der Waals surface area contributed by atoms with Crippen LogP contribution < -0.4 is 10.6 Å². The zero-order valence-corrected chi connectivity index (χ0v) is 15.6. The minimum absolute atomic E-state index is 0.371. The van der Waals surface area contributed by atoms with Gasteiger partial charge in [0.2, 0.25) is 0 Å². The molecule has 0 unspecified atom stereocenters. The van der Waals surface area contributed by atoms with Crippen LogP contribution >= 0.6 is 22.7 Å². The number of aliphatic imine (C=N–C) groups is 1. The minimum Gasteiger partial charge on any atom is -0.357 e. The van der Waals surface area contributed by atoms with Crippen molar-refractivity contribution in [3.05, 3.63) is 32.2 Å². The molecule has 0 radical (unpaired) electrons. The Morgan fingerprint density at radius 2 is 1.96 bits per heavy atom. The zero-order valence-electron chi connectivity index (χ0n) is 14.0. The molecular weight excluding hydrogens is 371 g/mol. The number of thiazole rings is 2. The van der Waals surface area contributed by atoms with Crippen molar-refractivity contribution in [3.8, 4) is 0 Å². The maximum absolute atomic E-state index is 12.5. The molecule has 0 aliphatic rings. The fourth-order valence-electron chi connectivity index (χ4n) is 1.99. The van der Waals surface area contributed by atoms with Gasteiger partial charge in [0.05, 0.1) is 15.7 Å². The number of aromatic nitrogens is 2. The van der Waals surface area contributed by atoms with Gasteiger partial charge < -0.3 is 10.6 Å². The summed E-state index contributed by atoms with van der Waals surface area (Å²) in [5.74, 6) is 0.641. The van der Waals surface area contributed by atoms with E-state index in [0.29, 0.717) is 37.0 Å². The minimum atomic E-state index is -4.39. The summed E-state index contributed by atoms with van der Waals surface area (Å²) < 4.78 is 37.6. The highest BCUT2D eigenvalue weighted by molar-refractivity contribution is 7.09. The number of nitrogens with zero attached hydrogens (tertiary/aromatic N) is 3. The molecule has 25 heavy (non-hydrogen) atoms. The summed E-state index contributed by atoms with van der Waals surface area (Å²) in [6.07, 6.45) is -3.22. The highest BCUT2D eigenvalue weighted by Gasteiger charge is 2.33. The number of guanidine groups is 1. The van der Waals surface area contributed by atoms with Crippen LogP contribution in [0.3, 0.4) is 0 Å². The maximum Gasteiger partial charge on any atom is 0.434 e. The summed E-state index contributed by atoms with van der Waals surface area (Å²) in [5, 5.41) is 10.9. The molecule has 0 fully saturated rings. The molecule has 0 bridgehead atoms. The van der Waals surface area contributed by atoms with Crippen molar-refractivity contribution in [2.75, 3.05) is 19.6 Å². The van der Waals surface area contributed by atoms with Crippen molar-refractivity contribution in [3.63, 3.8) is 0 Å². The van der Waals surface area contributed by atoms with E-state index in [1.165, 1.54) is 0 Å². The third-order valence-electron chi connectivity index (χ3n) is 3.12. The first-order valence-corrected chi connectivity index (χ1v) is 9.59. The molecule has 2 aromatic rings. The van der Waals surface area contributed by atoms with Crippen molar-refractivity contribution in [2.45, 2.75) is 32.9 Å². The third-order valence-corrected chi connectivity index (χ3v) is 4.85. The van der Waals surface area contributed by atoms with Crippen LogP contribution in [0, 0.1) is 6.92 Å². The van der Waals surface area contributed by atoms with Crippen molar-refractivity contribution < 1.29 is 13.2 Å². The monoisotopic (exact) mass is 391 g/mol. The Morgan fingerprint density at radius 3 is 2.56 bits per heavy atom. The SMILES string of the molecule is CCNC(=NCCc1nc(C(F)(F)F)cs1)NCCc1csc(C)n1. The predicted octanol–water partition coefficient (Wildman–Crippen LogP) is 3.27. The first kappa shape index (κ1) is 19.6. The Labute approximate surface area is 152 Å². The molecule has 2 heterocycles. The Morgan fingerprint density at radius 1 is 1.16 bits per heavy atom. The van der Waals surface area contributed by atoms with Gasteiger partial charge in [-0.3, -0.25) is 4.99 Å². The summed E-state index contributed by atoms with van der Waals surface area (Å²) in [7, 11) is 0. The van der Waals surface area contributed by atoms with Crippen LogP contribution in [0.2, 0.25) is 0 Å². The molecule has 138 valence electrons. The van der Waals surface area contributed by atoms with Crippen LogP contribution in [0.1, 0.15) is 28.3 Å². The lowest BCUT2D eigenvalue weighted by atomic mass is 10.3. The average molecular weight is 391 g/mol. The molecule has 2 rings (SSSR count). The first-order chi connectivity index (χ1) is 11.9. The van der Waals surface area contributed by atoms with Crippen molar-refractivity contribution in [1.29, 1.82) is 0 Å². The smallest absolute Gasteiger partial charge is 0.357 e. The van der Waals surface area contributed by atoms with Crippen LogP contribution in [-0.2, 0) is 19.0 Å². The Kier molecular flexibility index (Phi) is 7.18. The van der Waals surface area contributed by atoms with Gasteiger partial charge in [-0.1, -0.05) is 0 Å². The molecule has 0 amide bonds. The van der Waals surface area contributed by atoms with E-state index in [4.69, 9.17) is 0 Å². The van der Waals surface area contributed by atoms with E-state index in [2.05, 4.69) is 25.6 Å². The van der Waals surface area contributed by atoms with Gasteiger partial charge in [0.25, 0.3) is 0 Å². The van der Waals surface area contributed by atoms with Crippen LogP contribution in [-0.4, -0.2) is 35.6 Å². The number of hydrogen-bond acceptors (Lipinski definition) is 5. The van der Waals surface area contributed by atoms with Gasteiger partial charge in [0.1, 0.15) is 0 Å². The second kappa shape index (κ2) is 9.14. The van der Waals surface area contributed by atoms with Crippen LogP contribution in [0.25, 0.3) is 0 Å². The number of alkyl halides is 3. The second-order valence-corrected chi connectivity index (χ2v) is 7.17. The highest BCUT2D eigenvalue weighted by Crippen LogP contribution is 2.30. The summed E-state index contributed by atoms with van der Waals surface area (Å²) in [4.78, 5) is 12.4. The average Bonchev–Trinajstić information content (AvgIpc) is 3.16. The van der Waals surface area contributed by atoms with Crippen LogP contribution in [0.15, 0.2) is 15.8 Å². The molecule has 0 atom stereocenters. The number of aryl methyl sites for hydroxylation is 1. The number of halogens is 3. The van der Waals surface area contributed by atoms with Gasteiger partial charge in [-0.25, -0.2) is 9.97 Å². The summed E-state index contributed by atoms with van der Waals surface area (Å²) in [6.45, 7) is 5.69. The molecular formula is C15H20F3N5S2. The largest absolute Gasteiger partial charge is 0.434 e. The van der Waals surface area contributed by atoms with E-state index >= 15 is 0 Å². The summed E-state index contributed by atoms with van der Waals surface area (Å²) in [6, 6.07) is 0.